The number of hydrogen-bond donors (Lipinski definition) is 1. The van der Waals surface area contributed by atoms with Gasteiger partial charge in [-0.2, -0.15) is 0 Å². The Morgan fingerprint density at radius 1 is 1.25 bits per heavy atom. The van der Waals surface area contributed by atoms with Crippen molar-refractivity contribution in [1.82, 2.24) is 14.9 Å². The Labute approximate surface area is 121 Å². The van der Waals surface area contributed by atoms with Crippen molar-refractivity contribution in [3.8, 4) is 0 Å². The predicted octanol–water partition coefficient (Wildman–Crippen LogP) is 2.75. The topological polar surface area (TPSA) is 39.1 Å². The van der Waals surface area contributed by atoms with Crippen molar-refractivity contribution in [3.63, 3.8) is 0 Å². The van der Waals surface area contributed by atoms with Crippen LogP contribution in [0.5, 0.6) is 0 Å². The maximum Gasteiger partial charge on any atom is 0.106 e. The molecule has 1 heterocycles. The summed E-state index contributed by atoms with van der Waals surface area (Å²) in [5.41, 5.74) is 2.24. The van der Waals surface area contributed by atoms with Gasteiger partial charge in [0.1, 0.15) is 5.82 Å². The van der Waals surface area contributed by atoms with E-state index >= 15 is 0 Å². The van der Waals surface area contributed by atoms with E-state index in [1.165, 1.54) is 5.52 Å². The number of rotatable bonds is 7. The van der Waals surface area contributed by atoms with Crippen LogP contribution >= 0.6 is 0 Å². The molecule has 0 aliphatic carbocycles. The van der Waals surface area contributed by atoms with Crippen molar-refractivity contribution >= 4 is 11.0 Å². The molecule has 0 unspecified atom stereocenters. The second kappa shape index (κ2) is 6.37. The lowest BCUT2D eigenvalue weighted by Gasteiger charge is -2.22. The van der Waals surface area contributed by atoms with Gasteiger partial charge >= 0.3 is 0 Å². The quantitative estimate of drug-likeness (QED) is 0.790. The first kappa shape index (κ1) is 15.0. The third-order valence-electron chi connectivity index (χ3n) is 3.81. The minimum absolute atomic E-state index is 0.0510. The lowest BCUT2D eigenvalue weighted by Crippen LogP contribution is -2.30. The lowest BCUT2D eigenvalue weighted by atomic mass is 10.1. The Hall–Kier alpha value is -1.39. The van der Waals surface area contributed by atoms with Gasteiger partial charge in [0, 0.05) is 20.2 Å². The monoisotopic (exact) mass is 275 g/mol. The first-order chi connectivity index (χ1) is 9.53. The van der Waals surface area contributed by atoms with Crippen LogP contribution in [0, 0.1) is 6.92 Å². The smallest absolute Gasteiger partial charge is 0.106 e. The van der Waals surface area contributed by atoms with Crippen LogP contribution in [0.3, 0.4) is 0 Å². The molecule has 0 bridgehead atoms. The number of aryl methyl sites for hydroxylation is 1. The van der Waals surface area contributed by atoms with Crippen molar-refractivity contribution in [2.45, 2.75) is 39.3 Å². The van der Waals surface area contributed by atoms with E-state index in [9.17, 15) is 0 Å². The first-order valence-corrected chi connectivity index (χ1v) is 7.21. The second-order valence-corrected chi connectivity index (χ2v) is 5.76. The zero-order valence-electron chi connectivity index (χ0n) is 12.9. The van der Waals surface area contributed by atoms with Crippen LogP contribution in [0.15, 0.2) is 24.3 Å². The summed E-state index contributed by atoms with van der Waals surface area (Å²) in [6.07, 6.45) is 1.01. The van der Waals surface area contributed by atoms with Gasteiger partial charge in [-0.05, 0) is 45.9 Å². The van der Waals surface area contributed by atoms with E-state index in [4.69, 9.17) is 4.74 Å². The van der Waals surface area contributed by atoms with Gasteiger partial charge in [-0.15, -0.1) is 0 Å². The van der Waals surface area contributed by atoms with E-state index in [1.807, 2.05) is 6.07 Å². The number of ether oxygens (including phenoxy) is 1. The fraction of sp³-hybridized carbons (Fsp3) is 0.562. The molecule has 20 heavy (non-hydrogen) atoms. The largest absolute Gasteiger partial charge is 0.379 e. The zero-order valence-corrected chi connectivity index (χ0v) is 12.9. The molecule has 0 atom stereocenters. The maximum absolute atomic E-state index is 5.41. The molecule has 0 aliphatic rings. The molecule has 0 saturated heterocycles. The van der Waals surface area contributed by atoms with Gasteiger partial charge in [0.2, 0.25) is 0 Å². The third kappa shape index (κ3) is 3.58. The molecule has 4 heteroatoms. The average molecular weight is 275 g/mol. The minimum atomic E-state index is -0.0510. The molecule has 1 aromatic heterocycles. The molecule has 1 N–H and O–H groups in total. The zero-order chi connectivity index (χ0) is 14.6. The SMILES string of the molecule is COC(C)(C)CCNCCn1c(C)nc2ccccc21. The van der Waals surface area contributed by atoms with Gasteiger partial charge in [0.15, 0.2) is 0 Å². The van der Waals surface area contributed by atoms with Crippen molar-refractivity contribution < 1.29 is 4.74 Å². The van der Waals surface area contributed by atoms with Crippen LogP contribution in [0.25, 0.3) is 11.0 Å². The van der Waals surface area contributed by atoms with Gasteiger partial charge in [0.05, 0.1) is 16.6 Å². The Bertz CT molecular complexity index is 560. The molecule has 2 rings (SSSR count). The molecule has 0 aliphatic heterocycles. The van der Waals surface area contributed by atoms with Crippen LogP contribution in [-0.4, -0.2) is 35.4 Å². The van der Waals surface area contributed by atoms with Crippen LogP contribution < -0.4 is 5.32 Å². The Morgan fingerprint density at radius 3 is 2.75 bits per heavy atom. The molecule has 0 radical (unpaired) electrons. The van der Waals surface area contributed by atoms with Gasteiger partial charge in [-0.3, -0.25) is 0 Å². The number of hydrogen-bond acceptors (Lipinski definition) is 3. The van der Waals surface area contributed by atoms with E-state index in [2.05, 4.69) is 53.8 Å². The Kier molecular flexibility index (Phi) is 4.78. The summed E-state index contributed by atoms with van der Waals surface area (Å²) in [5, 5.41) is 3.48. The molecular formula is C16H25N3O. The average Bonchev–Trinajstić information content (AvgIpc) is 2.74. The summed E-state index contributed by atoms with van der Waals surface area (Å²) in [6.45, 7) is 9.14. The molecule has 1 aromatic carbocycles. The summed E-state index contributed by atoms with van der Waals surface area (Å²) in [4.78, 5) is 4.58. The number of imidazole rings is 1. The van der Waals surface area contributed by atoms with Gasteiger partial charge in [-0.1, -0.05) is 12.1 Å². The van der Waals surface area contributed by atoms with Crippen molar-refractivity contribution in [1.29, 1.82) is 0 Å². The molecular weight excluding hydrogens is 250 g/mol. The molecule has 0 amide bonds. The summed E-state index contributed by atoms with van der Waals surface area (Å²) in [7, 11) is 1.76. The highest BCUT2D eigenvalue weighted by Crippen LogP contribution is 2.15. The highest BCUT2D eigenvalue weighted by molar-refractivity contribution is 5.75. The fourth-order valence-electron chi connectivity index (χ4n) is 2.29. The molecule has 0 spiro atoms. The highest BCUT2D eigenvalue weighted by atomic mass is 16.5. The second-order valence-electron chi connectivity index (χ2n) is 5.76. The number of fused-ring (bicyclic) bond motifs is 1. The third-order valence-corrected chi connectivity index (χ3v) is 3.81. The van der Waals surface area contributed by atoms with E-state index in [-0.39, 0.29) is 5.60 Å². The number of para-hydroxylation sites is 2. The van der Waals surface area contributed by atoms with Crippen molar-refractivity contribution in [2.24, 2.45) is 0 Å². The van der Waals surface area contributed by atoms with E-state index in [0.717, 1.165) is 37.4 Å². The minimum Gasteiger partial charge on any atom is -0.379 e. The highest BCUT2D eigenvalue weighted by Gasteiger charge is 2.15. The maximum atomic E-state index is 5.41. The number of nitrogens with zero attached hydrogens (tertiary/aromatic N) is 2. The molecule has 4 nitrogen and oxygen atoms in total. The summed E-state index contributed by atoms with van der Waals surface area (Å²) < 4.78 is 7.68. The molecule has 110 valence electrons. The van der Waals surface area contributed by atoms with Gasteiger partial charge < -0.3 is 14.6 Å². The Morgan fingerprint density at radius 2 is 2.00 bits per heavy atom. The lowest BCUT2D eigenvalue weighted by molar-refractivity contribution is 0.0159. The predicted molar refractivity (Wildman–Crippen MR) is 83.0 cm³/mol. The van der Waals surface area contributed by atoms with Gasteiger partial charge in [0.25, 0.3) is 0 Å². The van der Waals surface area contributed by atoms with E-state index in [1.54, 1.807) is 7.11 Å². The summed E-state index contributed by atoms with van der Waals surface area (Å²) in [5.74, 6) is 1.07. The summed E-state index contributed by atoms with van der Waals surface area (Å²) >= 11 is 0. The molecule has 2 aromatic rings. The first-order valence-electron chi connectivity index (χ1n) is 7.21. The number of nitrogens with one attached hydrogen (secondary N) is 1. The van der Waals surface area contributed by atoms with Crippen LogP contribution in [-0.2, 0) is 11.3 Å². The van der Waals surface area contributed by atoms with Crippen LogP contribution in [0.4, 0.5) is 0 Å². The number of methoxy groups -OCH3 is 1. The number of aromatic nitrogens is 2. The van der Waals surface area contributed by atoms with Gasteiger partial charge in [-0.25, -0.2) is 4.98 Å². The molecule has 0 fully saturated rings. The molecule has 0 saturated carbocycles. The van der Waals surface area contributed by atoms with Crippen LogP contribution in [0.1, 0.15) is 26.1 Å². The summed E-state index contributed by atoms with van der Waals surface area (Å²) in [6, 6.07) is 8.29. The van der Waals surface area contributed by atoms with Crippen molar-refractivity contribution in [3.05, 3.63) is 30.1 Å². The van der Waals surface area contributed by atoms with E-state index < -0.39 is 0 Å². The normalized spacial score (nSPS) is 12.2. The van der Waals surface area contributed by atoms with Crippen molar-refractivity contribution in [2.75, 3.05) is 20.2 Å². The van der Waals surface area contributed by atoms with Crippen LogP contribution in [0.2, 0.25) is 0 Å². The fourth-order valence-corrected chi connectivity index (χ4v) is 2.29. The number of benzene rings is 1. The van der Waals surface area contributed by atoms with E-state index in [0.29, 0.717) is 0 Å². The Balaban J connectivity index is 1.86. The standard InChI is InChI=1S/C16H25N3O/c1-13-18-14-7-5-6-8-15(14)19(13)12-11-17-10-9-16(2,3)20-4/h5-8,17H,9-12H2,1-4H3.